The Morgan fingerprint density at radius 1 is 1.06 bits per heavy atom. The Bertz CT molecular complexity index is 164. The first-order valence-corrected chi connectivity index (χ1v) is 6.96. The first-order valence-electron chi connectivity index (χ1n) is 6.96. The van der Waals surface area contributed by atoms with Crippen LogP contribution in [0.25, 0.3) is 0 Å². The van der Waals surface area contributed by atoms with Crippen molar-refractivity contribution in [2.45, 2.75) is 71.6 Å². The van der Waals surface area contributed by atoms with Crippen molar-refractivity contribution in [1.82, 2.24) is 0 Å². The van der Waals surface area contributed by atoms with Gasteiger partial charge in [-0.3, -0.25) is 4.79 Å². The largest absolute Gasteiger partial charge is 0.330 e. The van der Waals surface area contributed by atoms with E-state index in [9.17, 15) is 4.79 Å². The van der Waals surface area contributed by atoms with Crippen LogP contribution in [0.5, 0.6) is 0 Å². The Kier molecular flexibility index (Phi) is 10.9. The van der Waals surface area contributed by atoms with E-state index in [1.165, 1.54) is 32.1 Å². The summed E-state index contributed by atoms with van der Waals surface area (Å²) in [6, 6.07) is 0. The third-order valence-corrected chi connectivity index (χ3v) is 3.24. The average molecular weight is 227 g/mol. The molecule has 16 heavy (non-hydrogen) atoms. The van der Waals surface area contributed by atoms with Crippen LogP contribution in [0.1, 0.15) is 71.6 Å². The Hall–Kier alpha value is -0.370. The van der Waals surface area contributed by atoms with Gasteiger partial charge in [0.15, 0.2) is 0 Å². The minimum atomic E-state index is 0.410. The van der Waals surface area contributed by atoms with Gasteiger partial charge in [-0.2, -0.15) is 0 Å². The molecular weight excluding hydrogens is 198 g/mol. The smallest absolute Gasteiger partial charge is 0.133 e. The van der Waals surface area contributed by atoms with Crippen molar-refractivity contribution in [3.05, 3.63) is 0 Å². The van der Waals surface area contributed by atoms with Crippen molar-refractivity contribution in [1.29, 1.82) is 0 Å². The lowest BCUT2D eigenvalue weighted by molar-refractivity contribution is -0.120. The van der Waals surface area contributed by atoms with Crippen LogP contribution >= 0.6 is 0 Å². The van der Waals surface area contributed by atoms with Gasteiger partial charge in [-0.15, -0.1) is 0 Å². The van der Waals surface area contributed by atoms with Gasteiger partial charge in [-0.05, 0) is 18.9 Å². The lowest BCUT2D eigenvalue weighted by Crippen LogP contribution is -2.17. The molecule has 0 fully saturated rings. The van der Waals surface area contributed by atoms with Gasteiger partial charge in [0.25, 0.3) is 0 Å². The highest BCUT2D eigenvalue weighted by molar-refractivity contribution is 5.78. The van der Waals surface area contributed by atoms with Crippen LogP contribution < -0.4 is 5.73 Å². The second-order valence-electron chi connectivity index (χ2n) is 4.77. The van der Waals surface area contributed by atoms with E-state index in [1.54, 1.807) is 0 Å². The second kappa shape index (κ2) is 11.1. The Morgan fingerprint density at radius 3 is 2.25 bits per heavy atom. The van der Waals surface area contributed by atoms with Crippen molar-refractivity contribution < 1.29 is 4.79 Å². The van der Waals surface area contributed by atoms with Gasteiger partial charge in [0.05, 0.1) is 0 Å². The van der Waals surface area contributed by atoms with Gasteiger partial charge < -0.3 is 5.73 Å². The summed E-state index contributed by atoms with van der Waals surface area (Å²) >= 11 is 0. The molecule has 0 radical (unpaired) electrons. The molecule has 0 spiro atoms. The Balaban J connectivity index is 3.36. The highest BCUT2D eigenvalue weighted by Crippen LogP contribution is 2.12. The van der Waals surface area contributed by atoms with E-state index >= 15 is 0 Å². The minimum Gasteiger partial charge on any atom is -0.330 e. The number of nitrogens with two attached hydrogens (primary N) is 1. The predicted molar refractivity (Wildman–Crippen MR) is 70.5 cm³/mol. The monoisotopic (exact) mass is 227 g/mol. The van der Waals surface area contributed by atoms with Crippen LogP contribution in [0.2, 0.25) is 0 Å². The summed E-state index contributed by atoms with van der Waals surface area (Å²) in [5, 5.41) is 0. The number of Topliss-reactive ketones (excluding diaryl/α,β-unsaturated/α-hetero) is 1. The molecule has 0 aromatic heterocycles. The molecule has 2 N–H and O–H groups in total. The third kappa shape index (κ3) is 8.90. The fraction of sp³-hybridized carbons (Fsp3) is 0.929. The standard InChI is InChI=1S/C14H29NO/c1-3-5-6-7-8-9-10-14(16)11-13(4-2)12-15/h13H,3-12,15H2,1-2H3. The van der Waals surface area contributed by atoms with E-state index < -0.39 is 0 Å². The highest BCUT2D eigenvalue weighted by Gasteiger charge is 2.09. The molecule has 2 heteroatoms. The van der Waals surface area contributed by atoms with Gasteiger partial charge in [-0.25, -0.2) is 0 Å². The molecule has 2 nitrogen and oxygen atoms in total. The molecule has 0 heterocycles. The van der Waals surface area contributed by atoms with Crippen LogP contribution in [0.15, 0.2) is 0 Å². The number of hydrogen-bond acceptors (Lipinski definition) is 2. The topological polar surface area (TPSA) is 43.1 Å². The quantitative estimate of drug-likeness (QED) is 0.547. The summed E-state index contributed by atoms with van der Waals surface area (Å²) < 4.78 is 0. The molecule has 0 bridgehead atoms. The lowest BCUT2D eigenvalue weighted by atomic mass is 9.97. The van der Waals surface area contributed by atoms with Crippen molar-refractivity contribution in [2.24, 2.45) is 11.7 Å². The molecule has 0 aromatic rings. The molecule has 96 valence electrons. The third-order valence-electron chi connectivity index (χ3n) is 3.24. The van der Waals surface area contributed by atoms with Gasteiger partial charge in [0.2, 0.25) is 0 Å². The SMILES string of the molecule is CCCCCCCCC(=O)CC(CC)CN. The zero-order valence-electron chi connectivity index (χ0n) is 11.1. The predicted octanol–water partition coefficient (Wildman–Crippen LogP) is 3.68. The van der Waals surface area contributed by atoms with Gasteiger partial charge in [0.1, 0.15) is 5.78 Å². The molecule has 0 aliphatic rings. The van der Waals surface area contributed by atoms with E-state index in [-0.39, 0.29) is 0 Å². The van der Waals surface area contributed by atoms with Crippen LogP contribution in [0.3, 0.4) is 0 Å². The normalized spacial score (nSPS) is 12.7. The molecular formula is C14H29NO. The van der Waals surface area contributed by atoms with Gasteiger partial charge >= 0.3 is 0 Å². The number of rotatable bonds is 11. The first kappa shape index (κ1) is 15.6. The van der Waals surface area contributed by atoms with Crippen LogP contribution in [-0.2, 0) is 4.79 Å². The van der Waals surface area contributed by atoms with Crippen LogP contribution in [-0.4, -0.2) is 12.3 Å². The average Bonchev–Trinajstić information content (AvgIpc) is 2.30. The fourth-order valence-electron chi connectivity index (χ4n) is 1.92. The Morgan fingerprint density at radius 2 is 1.69 bits per heavy atom. The highest BCUT2D eigenvalue weighted by atomic mass is 16.1. The number of hydrogen-bond donors (Lipinski definition) is 1. The first-order chi connectivity index (χ1) is 7.74. The van der Waals surface area contributed by atoms with E-state index in [0.29, 0.717) is 24.7 Å². The molecule has 0 aliphatic heterocycles. The maximum absolute atomic E-state index is 11.6. The van der Waals surface area contributed by atoms with Gasteiger partial charge in [0, 0.05) is 12.8 Å². The van der Waals surface area contributed by atoms with Crippen LogP contribution in [0.4, 0.5) is 0 Å². The lowest BCUT2D eigenvalue weighted by Gasteiger charge is -2.10. The van der Waals surface area contributed by atoms with E-state index in [2.05, 4.69) is 13.8 Å². The van der Waals surface area contributed by atoms with E-state index in [0.717, 1.165) is 19.3 Å². The number of ketones is 1. The Labute approximate surface area is 101 Å². The molecule has 0 aliphatic carbocycles. The van der Waals surface area contributed by atoms with E-state index in [4.69, 9.17) is 5.73 Å². The summed E-state index contributed by atoms with van der Waals surface area (Å²) in [6.07, 6.45) is 10.0. The molecule has 0 aromatic carbocycles. The maximum Gasteiger partial charge on any atom is 0.133 e. The second-order valence-corrected chi connectivity index (χ2v) is 4.77. The van der Waals surface area contributed by atoms with Gasteiger partial charge in [-0.1, -0.05) is 52.4 Å². The molecule has 0 rings (SSSR count). The van der Waals surface area contributed by atoms with Crippen molar-refractivity contribution in [3.8, 4) is 0 Å². The summed E-state index contributed by atoms with van der Waals surface area (Å²) in [7, 11) is 0. The molecule has 0 saturated heterocycles. The molecule has 1 unspecified atom stereocenters. The minimum absolute atomic E-state index is 0.410. The molecule has 0 amide bonds. The number of carbonyl (C=O) groups excluding carboxylic acids is 1. The zero-order valence-corrected chi connectivity index (χ0v) is 11.1. The summed E-state index contributed by atoms with van der Waals surface area (Å²) in [5.74, 6) is 0.820. The fourth-order valence-corrected chi connectivity index (χ4v) is 1.92. The van der Waals surface area contributed by atoms with Crippen molar-refractivity contribution in [2.75, 3.05) is 6.54 Å². The van der Waals surface area contributed by atoms with E-state index in [1.807, 2.05) is 0 Å². The number of carbonyl (C=O) groups is 1. The molecule has 1 atom stereocenters. The van der Waals surface area contributed by atoms with Crippen molar-refractivity contribution >= 4 is 5.78 Å². The van der Waals surface area contributed by atoms with Crippen molar-refractivity contribution in [3.63, 3.8) is 0 Å². The molecule has 0 saturated carbocycles. The zero-order chi connectivity index (χ0) is 12.2. The summed E-state index contributed by atoms with van der Waals surface area (Å²) in [5.41, 5.74) is 5.59. The summed E-state index contributed by atoms with van der Waals surface area (Å²) in [6.45, 7) is 4.98. The van der Waals surface area contributed by atoms with Crippen LogP contribution in [0, 0.1) is 5.92 Å². The summed E-state index contributed by atoms with van der Waals surface area (Å²) in [4.78, 5) is 11.6. The maximum atomic E-state index is 11.6. The number of unbranched alkanes of at least 4 members (excludes halogenated alkanes) is 5.